The third-order valence-electron chi connectivity index (χ3n) is 11.3. The van der Waals surface area contributed by atoms with Crippen LogP contribution in [0.4, 0.5) is 11.4 Å². The maximum Gasteiger partial charge on any atom is 0.338 e. The molecule has 4 heterocycles. The summed E-state index contributed by atoms with van der Waals surface area (Å²) in [6, 6.07) is 33.4. The highest BCUT2D eigenvalue weighted by Gasteiger charge is 2.57. The van der Waals surface area contributed by atoms with Crippen LogP contribution in [-0.2, 0) is 30.1 Å². The van der Waals surface area contributed by atoms with Crippen LogP contribution in [0.5, 0.6) is 0 Å². The number of ether oxygens (including phenoxy) is 4. The van der Waals surface area contributed by atoms with Crippen LogP contribution in [-0.4, -0.2) is 71.9 Å². The number of nitrogens with zero attached hydrogens (tertiary/aromatic N) is 1. The van der Waals surface area contributed by atoms with Gasteiger partial charge < -0.3 is 39.4 Å². The molecule has 2 unspecified atom stereocenters. The molecule has 0 aliphatic carbocycles. The fourth-order valence-corrected chi connectivity index (χ4v) is 8.63. The molecular formula is C48H59BrN2O8. The summed E-state index contributed by atoms with van der Waals surface area (Å²) in [6.45, 7) is 5.54. The van der Waals surface area contributed by atoms with Crippen molar-refractivity contribution in [1.29, 1.82) is 0 Å². The number of benzene rings is 4. The van der Waals surface area contributed by atoms with Crippen molar-refractivity contribution >= 4 is 39.2 Å². The Balaban J connectivity index is 0.000000174. The summed E-state index contributed by atoms with van der Waals surface area (Å²) in [5.74, 6) is -0.748. The number of halogens is 1. The minimum Gasteiger partial charge on any atom is -0.459 e. The van der Waals surface area contributed by atoms with E-state index in [-0.39, 0.29) is 37.4 Å². The largest absolute Gasteiger partial charge is 0.459 e. The fourth-order valence-electron chi connectivity index (χ4n) is 8.24. The summed E-state index contributed by atoms with van der Waals surface area (Å²) < 4.78 is 22.8. The van der Waals surface area contributed by atoms with Crippen molar-refractivity contribution in [2.45, 2.75) is 114 Å². The third-order valence-corrected chi connectivity index (χ3v) is 11.8. The quantitative estimate of drug-likeness (QED) is 0.0604. The van der Waals surface area contributed by atoms with Crippen LogP contribution in [0.3, 0.4) is 0 Å². The molecule has 8 rings (SSSR count). The number of carbonyl (C=O) groups excluding carboxylic acids is 2. The smallest absolute Gasteiger partial charge is 0.338 e. The maximum absolute atomic E-state index is 12.2. The monoisotopic (exact) mass is 870 g/mol. The Kier molecular flexibility index (Phi) is 16.0. The van der Waals surface area contributed by atoms with Crippen LogP contribution in [0.2, 0.25) is 0 Å². The first-order valence-corrected chi connectivity index (χ1v) is 22.3. The van der Waals surface area contributed by atoms with Gasteiger partial charge in [-0.15, -0.1) is 0 Å². The van der Waals surface area contributed by atoms with Crippen molar-refractivity contribution in [2.24, 2.45) is 0 Å². The lowest BCUT2D eigenvalue weighted by Crippen LogP contribution is -2.42. The van der Waals surface area contributed by atoms with Gasteiger partial charge in [-0.25, -0.2) is 9.59 Å². The van der Waals surface area contributed by atoms with E-state index in [9.17, 15) is 19.8 Å². The predicted molar refractivity (Wildman–Crippen MR) is 234 cm³/mol. The summed E-state index contributed by atoms with van der Waals surface area (Å²) in [4.78, 5) is 26.4. The number of carbonyl (C=O) groups is 2. The van der Waals surface area contributed by atoms with Crippen molar-refractivity contribution in [3.05, 3.63) is 131 Å². The molecule has 0 bridgehead atoms. The number of anilines is 2. The molecule has 0 spiro atoms. The van der Waals surface area contributed by atoms with Crippen LogP contribution in [0.15, 0.2) is 109 Å². The minimum absolute atomic E-state index is 0.121. The van der Waals surface area contributed by atoms with Gasteiger partial charge in [0.25, 0.3) is 0 Å². The molecule has 4 aromatic carbocycles. The molecule has 4 aromatic rings. The molecule has 4 aliphatic heterocycles. The Morgan fingerprint density at radius 3 is 1.81 bits per heavy atom. The maximum atomic E-state index is 12.2. The van der Waals surface area contributed by atoms with E-state index in [0.29, 0.717) is 24.0 Å². The van der Waals surface area contributed by atoms with Gasteiger partial charge in [-0.05, 0) is 49.2 Å². The van der Waals surface area contributed by atoms with Gasteiger partial charge in [0, 0.05) is 47.2 Å². The van der Waals surface area contributed by atoms with E-state index < -0.39 is 23.7 Å². The zero-order valence-electron chi connectivity index (χ0n) is 34.3. The second kappa shape index (κ2) is 21.3. The summed E-state index contributed by atoms with van der Waals surface area (Å²) in [5.41, 5.74) is 2.58. The van der Waals surface area contributed by atoms with E-state index in [1.807, 2.05) is 66.7 Å². The van der Waals surface area contributed by atoms with E-state index in [1.165, 1.54) is 50.3 Å². The van der Waals surface area contributed by atoms with Gasteiger partial charge in [0.2, 0.25) is 0 Å². The Labute approximate surface area is 357 Å². The molecule has 10 nitrogen and oxygen atoms in total. The molecule has 11 heteroatoms. The van der Waals surface area contributed by atoms with Gasteiger partial charge in [0.05, 0.1) is 23.3 Å². The lowest BCUT2D eigenvalue weighted by Gasteiger charge is -2.29. The first-order chi connectivity index (χ1) is 28.7. The van der Waals surface area contributed by atoms with Crippen LogP contribution in [0, 0.1) is 0 Å². The van der Waals surface area contributed by atoms with Gasteiger partial charge in [0.1, 0.15) is 24.4 Å². The lowest BCUT2D eigenvalue weighted by atomic mass is 9.91. The summed E-state index contributed by atoms with van der Waals surface area (Å²) in [7, 11) is 0. The molecule has 0 radical (unpaired) electrons. The van der Waals surface area contributed by atoms with Crippen molar-refractivity contribution < 1.29 is 38.7 Å². The summed E-state index contributed by atoms with van der Waals surface area (Å²) in [6.07, 6.45) is 9.31. The number of esters is 2. The highest BCUT2D eigenvalue weighted by molar-refractivity contribution is 9.09. The molecule has 0 saturated carbocycles. The van der Waals surface area contributed by atoms with E-state index in [0.717, 1.165) is 35.5 Å². The lowest BCUT2D eigenvalue weighted by molar-refractivity contribution is -0.0503. The average Bonchev–Trinajstić information content (AvgIpc) is 3.94. The van der Waals surface area contributed by atoms with Crippen molar-refractivity contribution in [3.63, 3.8) is 0 Å². The molecule has 0 amide bonds. The molecule has 59 heavy (non-hydrogen) atoms. The van der Waals surface area contributed by atoms with E-state index in [4.69, 9.17) is 18.9 Å². The molecule has 0 aromatic heterocycles. The Morgan fingerprint density at radius 2 is 1.20 bits per heavy atom. The van der Waals surface area contributed by atoms with Crippen molar-refractivity contribution in [3.8, 4) is 0 Å². The number of unbranched alkanes of at least 4 members (excludes halogenated alkanes) is 6. The highest BCUT2D eigenvalue weighted by atomic mass is 79.9. The number of para-hydroxylation sites is 2. The first kappa shape index (κ1) is 44.3. The second-order valence-electron chi connectivity index (χ2n) is 15.6. The SMILES string of the molecule is CCCCCCBr.CCCCCCN1c2ccccc2[C@]2(O)C[C@@H](COC(=O)c3ccccc3)OC12.O=C(OC[C@@H]1C[C@@]2(O)c3ccccc3NC2O1)c1ccccc1. The number of hydrogen-bond acceptors (Lipinski definition) is 10. The van der Waals surface area contributed by atoms with Crippen LogP contribution < -0.4 is 10.2 Å². The molecule has 4 aliphatic rings. The number of hydrogen-bond donors (Lipinski definition) is 3. The summed E-state index contributed by atoms with van der Waals surface area (Å²) in [5, 5.41) is 26.8. The van der Waals surface area contributed by atoms with Crippen molar-refractivity contribution in [1.82, 2.24) is 0 Å². The first-order valence-electron chi connectivity index (χ1n) is 21.2. The Bertz CT molecular complexity index is 1930. The zero-order valence-corrected chi connectivity index (χ0v) is 35.9. The molecule has 2 fully saturated rings. The molecular weight excluding hydrogens is 812 g/mol. The molecule has 3 N–H and O–H groups in total. The molecule has 6 atom stereocenters. The Morgan fingerprint density at radius 1 is 0.678 bits per heavy atom. The van der Waals surface area contributed by atoms with Crippen molar-refractivity contribution in [2.75, 3.05) is 35.3 Å². The van der Waals surface area contributed by atoms with E-state index in [2.05, 4.69) is 46.1 Å². The van der Waals surface area contributed by atoms with Gasteiger partial charge in [-0.1, -0.05) is 141 Å². The zero-order chi connectivity index (χ0) is 41.7. The van der Waals surface area contributed by atoms with E-state index in [1.54, 1.807) is 36.4 Å². The number of rotatable bonds is 15. The standard InChI is InChI=1S/C24H29NO4.C18H17NO4.C6H13Br/c1-2-3-4-10-15-25-21-14-9-8-13-20(21)24(27)16-19(29-23(24)25)17-28-22(26)18-11-6-5-7-12-18;20-16(12-6-2-1-3-7-12)22-11-13-10-18(21)14-8-4-5-9-15(14)19-17(18)23-13;1-2-3-4-5-6-7/h5-9,11-14,19,23,27H,2-4,10,15-17H2,1H3;1-9,13,17,19,21H,10-11H2;2-6H2,1H3/t19-,23?,24+;13-,17?,18+;/m00./s1. The van der Waals surface area contributed by atoms with Crippen LogP contribution >= 0.6 is 15.9 Å². The highest BCUT2D eigenvalue weighted by Crippen LogP contribution is 2.51. The fraction of sp³-hybridized carbons (Fsp3) is 0.458. The normalized spacial score (nSPS) is 24.3. The minimum atomic E-state index is -1.07. The number of aliphatic hydroxyl groups is 2. The average molecular weight is 872 g/mol. The molecule has 316 valence electrons. The van der Waals surface area contributed by atoms with Gasteiger partial charge in [-0.2, -0.15) is 0 Å². The van der Waals surface area contributed by atoms with Gasteiger partial charge >= 0.3 is 11.9 Å². The number of alkyl halides is 1. The number of fused-ring (bicyclic) bond motifs is 6. The predicted octanol–water partition coefficient (Wildman–Crippen LogP) is 9.48. The second-order valence-corrected chi connectivity index (χ2v) is 16.4. The van der Waals surface area contributed by atoms with Gasteiger partial charge in [0.15, 0.2) is 12.5 Å². The molecule has 2 saturated heterocycles. The third kappa shape index (κ3) is 10.7. The number of nitrogens with one attached hydrogen (secondary N) is 1. The van der Waals surface area contributed by atoms with Gasteiger partial charge in [-0.3, -0.25) is 0 Å². The summed E-state index contributed by atoms with van der Waals surface area (Å²) >= 11 is 3.38. The van der Waals surface area contributed by atoms with Crippen LogP contribution in [0.25, 0.3) is 0 Å². The van der Waals surface area contributed by atoms with E-state index >= 15 is 0 Å². The van der Waals surface area contributed by atoms with Crippen LogP contribution in [0.1, 0.15) is 110 Å². The topological polar surface area (TPSA) is 127 Å². The Hall–Kier alpha value is -4.26.